The molecule has 0 aliphatic carbocycles. The second-order valence-corrected chi connectivity index (χ2v) is 9.46. The molecule has 1 aromatic carbocycles. The van der Waals surface area contributed by atoms with E-state index in [9.17, 15) is 18.7 Å². The summed E-state index contributed by atoms with van der Waals surface area (Å²) in [4.78, 5) is 30.2. The molecule has 0 saturated carbocycles. The van der Waals surface area contributed by atoms with E-state index in [1.54, 1.807) is 45.2 Å². The fourth-order valence-electron chi connectivity index (χ4n) is 3.66. The number of aliphatic hydroxyl groups is 1. The van der Waals surface area contributed by atoms with E-state index in [1.807, 2.05) is 6.92 Å². The molecule has 3 aromatic heterocycles. The third-order valence-electron chi connectivity index (χ3n) is 5.64. The van der Waals surface area contributed by atoms with Gasteiger partial charge in [0.15, 0.2) is 11.6 Å². The zero-order valence-electron chi connectivity index (χ0n) is 20.8. The number of halogens is 3. The van der Waals surface area contributed by atoms with Gasteiger partial charge in [-0.2, -0.15) is 4.98 Å². The van der Waals surface area contributed by atoms with E-state index < -0.39 is 22.8 Å². The van der Waals surface area contributed by atoms with Gasteiger partial charge < -0.3 is 9.84 Å². The Morgan fingerprint density at radius 2 is 1.81 bits per heavy atom. The standard InChI is InChI=1S/C26H24ClF2N5O3/c1-13-10-31-25(26(4,5)36)33-22(13)16-6-7-18(27)21(8-16)34-15(3)32-23(14(2)24(34)35)37-12-20-19(29)9-17(28)11-30-20/h6-11,36H,12H2,1-5H3. The highest BCUT2D eigenvalue weighted by molar-refractivity contribution is 6.32. The summed E-state index contributed by atoms with van der Waals surface area (Å²) >= 11 is 6.50. The summed E-state index contributed by atoms with van der Waals surface area (Å²) in [6.07, 6.45) is 2.50. The predicted molar refractivity (Wildman–Crippen MR) is 134 cm³/mol. The van der Waals surface area contributed by atoms with E-state index in [-0.39, 0.29) is 35.4 Å². The van der Waals surface area contributed by atoms with Crippen LogP contribution in [0.1, 0.15) is 42.3 Å². The molecule has 37 heavy (non-hydrogen) atoms. The van der Waals surface area contributed by atoms with Crippen LogP contribution in [0.3, 0.4) is 0 Å². The molecule has 8 nitrogen and oxygen atoms in total. The molecule has 1 N–H and O–H groups in total. The summed E-state index contributed by atoms with van der Waals surface area (Å²) in [5.74, 6) is -1.14. The van der Waals surface area contributed by atoms with Gasteiger partial charge in [-0.05, 0) is 52.3 Å². The molecule has 0 atom stereocenters. The van der Waals surface area contributed by atoms with Crippen molar-refractivity contribution < 1.29 is 18.6 Å². The van der Waals surface area contributed by atoms with Gasteiger partial charge in [-0.25, -0.2) is 18.7 Å². The van der Waals surface area contributed by atoms with Gasteiger partial charge in [0.2, 0.25) is 5.88 Å². The number of benzene rings is 1. The predicted octanol–water partition coefficient (Wildman–Crippen LogP) is 4.75. The van der Waals surface area contributed by atoms with Crippen LogP contribution >= 0.6 is 11.6 Å². The summed E-state index contributed by atoms with van der Waals surface area (Å²) in [5.41, 5.74) is 0.742. The summed E-state index contributed by atoms with van der Waals surface area (Å²) in [7, 11) is 0. The fourth-order valence-corrected chi connectivity index (χ4v) is 3.86. The Bertz CT molecular complexity index is 1570. The fraction of sp³-hybridized carbons (Fsp3) is 0.269. The molecular weight excluding hydrogens is 504 g/mol. The number of aromatic nitrogens is 5. The lowest BCUT2D eigenvalue weighted by atomic mass is 10.0. The van der Waals surface area contributed by atoms with Crippen molar-refractivity contribution in [1.29, 1.82) is 0 Å². The molecule has 0 aliphatic heterocycles. The van der Waals surface area contributed by atoms with Crippen LogP contribution in [0.2, 0.25) is 5.02 Å². The molecule has 4 rings (SSSR count). The minimum Gasteiger partial charge on any atom is -0.471 e. The molecule has 0 spiro atoms. The van der Waals surface area contributed by atoms with E-state index in [0.29, 0.717) is 28.0 Å². The first kappa shape index (κ1) is 26.3. The number of hydrogen-bond acceptors (Lipinski definition) is 7. The average Bonchev–Trinajstić information content (AvgIpc) is 2.82. The number of rotatable bonds is 6. The second-order valence-electron chi connectivity index (χ2n) is 9.05. The van der Waals surface area contributed by atoms with Crippen LogP contribution in [-0.4, -0.2) is 29.6 Å². The quantitative estimate of drug-likeness (QED) is 0.386. The largest absolute Gasteiger partial charge is 0.471 e. The summed E-state index contributed by atoms with van der Waals surface area (Å²) < 4.78 is 34.0. The first-order valence-corrected chi connectivity index (χ1v) is 11.6. The third kappa shape index (κ3) is 5.35. The second kappa shape index (κ2) is 9.95. The Labute approximate surface area is 216 Å². The number of aryl methyl sites for hydroxylation is 2. The Kier molecular flexibility index (Phi) is 7.07. The van der Waals surface area contributed by atoms with Gasteiger partial charge in [-0.1, -0.05) is 17.7 Å². The molecule has 0 radical (unpaired) electrons. The molecule has 4 aromatic rings. The van der Waals surface area contributed by atoms with Crippen molar-refractivity contribution in [2.75, 3.05) is 0 Å². The monoisotopic (exact) mass is 527 g/mol. The van der Waals surface area contributed by atoms with Crippen LogP contribution in [0.5, 0.6) is 5.88 Å². The number of ether oxygens (including phenoxy) is 1. The Hall–Kier alpha value is -3.76. The minimum atomic E-state index is -1.24. The van der Waals surface area contributed by atoms with Crippen molar-refractivity contribution >= 4 is 11.6 Å². The zero-order chi connectivity index (χ0) is 27.1. The Balaban J connectivity index is 1.75. The highest BCUT2D eigenvalue weighted by Gasteiger charge is 2.22. The lowest BCUT2D eigenvalue weighted by Crippen LogP contribution is -2.25. The van der Waals surface area contributed by atoms with Crippen LogP contribution in [-0.2, 0) is 12.2 Å². The summed E-state index contributed by atoms with van der Waals surface area (Å²) in [6, 6.07) is 5.82. The highest BCUT2D eigenvalue weighted by Crippen LogP contribution is 2.30. The molecule has 3 heterocycles. The topological polar surface area (TPSA) is 103 Å². The van der Waals surface area contributed by atoms with Crippen molar-refractivity contribution in [3.05, 3.63) is 92.1 Å². The first-order chi connectivity index (χ1) is 17.4. The van der Waals surface area contributed by atoms with Crippen LogP contribution in [0.15, 0.2) is 41.5 Å². The van der Waals surface area contributed by atoms with Crippen molar-refractivity contribution in [3.63, 3.8) is 0 Å². The lowest BCUT2D eigenvalue weighted by molar-refractivity contribution is 0.0688. The van der Waals surface area contributed by atoms with Gasteiger partial charge in [-0.15, -0.1) is 0 Å². The Morgan fingerprint density at radius 3 is 2.49 bits per heavy atom. The molecule has 0 amide bonds. The molecule has 0 unspecified atom stereocenters. The van der Waals surface area contributed by atoms with Gasteiger partial charge in [0, 0.05) is 17.8 Å². The molecular formula is C26H24ClF2N5O3. The summed E-state index contributed by atoms with van der Waals surface area (Å²) in [5, 5.41) is 10.6. The van der Waals surface area contributed by atoms with Crippen molar-refractivity contribution in [2.45, 2.75) is 46.8 Å². The van der Waals surface area contributed by atoms with Gasteiger partial charge in [0.05, 0.1) is 28.2 Å². The van der Waals surface area contributed by atoms with E-state index in [0.717, 1.165) is 11.8 Å². The molecule has 192 valence electrons. The normalized spacial score (nSPS) is 11.6. The van der Waals surface area contributed by atoms with E-state index in [2.05, 4.69) is 19.9 Å². The molecule has 0 fully saturated rings. The highest BCUT2D eigenvalue weighted by atomic mass is 35.5. The van der Waals surface area contributed by atoms with Crippen molar-refractivity contribution in [1.82, 2.24) is 24.5 Å². The van der Waals surface area contributed by atoms with Crippen molar-refractivity contribution in [3.8, 4) is 22.8 Å². The lowest BCUT2D eigenvalue weighted by Gasteiger charge is -2.18. The molecule has 0 bridgehead atoms. The van der Waals surface area contributed by atoms with Crippen LogP contribution in [0.4, 0.5) is 8.78 Å². The number of pyridine rings is 1. The third-order valence-corrected chi connectivity index (χ3v) is 5.96. The summed E-state index contributed by atoms with van der Waals surface area (Å²) in [6.45, 7) is 7.82. The van der Waals surface area contributed by atoms with Crippen molar-refractivity contribution in [2.24, 2.45) is 0 Å². The minimum absolute atomic E-state index is 0.00184. The van der Waals surface area contributed by atoms with Gasteiger partial charge in [-0.3, -0.25) is 14.3 Å². The van der Waals surface area contributed by atoms with Crippen LogP contribution < -0.4 is 10.3 Å². The Morgan fingerprint density at radius 1 is 1.08 bits per heavy atom. The van der Waals surface area contributed by atoms with Crippen LogP contribution in [0.25, 0.3) is 16.9 Å². The van der Waals surface area contributed by atoms with E-state index >= 15 is 0 Å². The van der Waals surface area contributed by atoms with Gasteiger partial charge in [0.25, 0.3) is 5.56 Å². The smallest absolute Gasteiger partial charge is 0.264 e. The number of nitrogens with zero attached hydrogens (tertiary/aromatic N) is 5. The van der Waals surface area contributed by atoms with Gasteiger partial charge >= 0.3 is 0 Å². The average molecular weight is 528 g/mol. The SMILES string of the molecule is Cc1cnc(C(C)(C)O)nc1-c1ccc(Cl)c(-n2c(C)nc(OCc3ncc(F)cc3F)c(C)c2=O)c1. The maximum absolute atomic E-state index is 13.9. The van der Waals surface area contributed by atoms with E-state index in [1.165, 1.54) is 11.5 Å². The maximum atomic E-state index is 13.9. The van der Waals surface area contributed by atoms with Crippen LogP contribution in [0, 0.1) is 32.4 Å². The maximum Gasteiger partial charge on any atom is 0.264 e. The molecule has 0 aliphatic rings. The molecule has 0 saturated heterocycles. The zero-order valence-corrected chi connectivity index (χ0v) is 21.6. The molecule has 11 heteroatoms. The van der Waals surface area contributed by atoms with E-state index in [4.69, 9.17) is 16.3 Å². The first-order valence-electron chi connectivity index (χ1n) is 11.3. The number of hydrogen-bond donors (Lipinski definition) is 1. The van der Waals surface area contributed by atoms with Gasteiger partial charge in [0.1, 0.15) is 29.5 Å².